The van der Waals surface area contributed by atoms with E-state index in [2.05, 4.69) is 26.1 Å². The largest absolute Gasteiger partial charge is 0.465 e. The highest BCUT2D eigenvalue weighted by Crippen LogP contribution is 2.50. The number of amides is 1. The minimum Gasteiger partial charge on any atom is -0.465 e. The van der Waals surface area contributed by atoms with Crippen molar-refractivity contribution in [2.45, 2.75) is 54.5 Å². The normalized spacial score (nSPS) is 26.7. The number of nitrogens with one attached hydrogen (secondary N) is 1. The number of carbonyl (C=O) groups is 2. The van der Waals surface area contributed by atoms with Gasteiger partial charge < -0.3 is 9.73 Å². The molecule has 2 unspecified atom stereocenters. The van der Waals surface area contributed by atoms with Crippen molar-refractivity contribution in [2.75, 3.05) is 0 Å². The Hall–Kier alpha value is -1.58. The van der Waals surface area contributed by atoms with Gasteiger partial charge in [-0.2, -0.15) is 0 Å². The maximum atomic E-state index is 12.7. The molecular formula is C18H27NO3. The van der Waals surface area contributed by atoms with E-state index in [4.69, 9.17) is 4.42 Å². The van der Waals surface area contributed by atoms with Crippen molar-refractivity contribution in [3.63, 3.8) is 0 Å². The van der Waals surface area contributed by atoms with Crippen LogP contribution in [0.5, 0.6) is 0 Å². The first-order valence-electron chi connectivity index (χ1n) is 7.93. The van der Waals surface area contributed by atoms with Crippen LogP contribution in [0, 0.1) is 29.6 Å². The number of rotatable bonds is 3. The molecule has 0 radical (unpaired) electrons. The molecule has 22 heavy (non-hydrogen) atoms. The van der Waals surface area contributed by atoms with E-state index in [0.29, 0.717) is 18.7 Å². The van der Waals surface area contributed by atoms with Crippen LogP contribution in [0.2, 0.25) is 0 Å². The number of aryl methyl sites for hydroxylation is 1. The molecule has 0 saturated heterocycles. The van der Waals surface area contributed by atoms with Gasteiger partial charge in [0.1, 0.15) is 11.5 Å². The van der Waals surface area contributed by atoms with Gasteiger partial charge in [-0.05, 0) is 36.8 Å². The molecule has 122 valence electrons. The highest BCUT2D eigenvalue weighted by molar-refractivity contribution is 6.04. The first-order valence-corrected chi connectivity index (χ1v) is 7.93. The minimum atomic E-state index is -0.572. The summed E-state index contributed by atoms with van der Waals surface area (Å²) < 4.78 is 5.45. The summed E-state index contributed by atoms with van der Waals surface area (Å²) in [7, 11) is 0. The summed E-state index contributed by atoms with van der Waals surface area (Å²) in [4.78, 5) is 25.2. The van der Waals surface area contributed by atoms with Crippen LogP contribution in [0.4, 0.5) is 0 Å². The third-order valence-corrected chi connectivity index (χ3v) is 5.49. The van der Waals surface area contributed by atoms with E-state index in [1.54, 1.807) is 0 Å². The van der Waals surface area contributed by atoms with Crippen molar-refractivity contribution in [1.82, 2.24) is 5.32 Å². The summed E-state index contributed by atoms with van der Waals surface area (Å²) in [6.45, 7) is 12.5. The topological polar surface area (TPSA) is 59.3 Å². The fourth-order valence-electron chi connectivity index (χ4n) is 3.52. The molecule has 1 aromatic rings. The molecule has 1 fully saturated rings. The first kappa shape index (κ1) is 16.8. The molecule has 1 aromatic heterocycles. The summed E-state index contributed by atoms with van der Waals surface area (Å²) in [6, 6.07) is 3.70. The number of Topliss-reactive ketones (excluding diaryl/α,β-unsaturated/α-hetero) is 1. The number of hydrogen-bond acceptors (Lipinski definition) is 3. The van der Waals surface area contributed by atoms with Gasteiger partial charge in [-0.3, -0.25) is 9.59 Å². The van der Waals surface area contributed by atoms with Crippen LogP contribution in [-0.2, 0) is 16.1 Å². The average Bonchev–Trinajstić information content (AvgIpc) is 2.85. The van der Waals surface area contributed by atoms with Crippen LogP contribution in [-0.4, -0.2) is 11.7 Å². The molecule has 0 aliphatic heterocycles. The predicted octanol–water partition coefficient (Wildman–Crippen LogP) is 3.48. The second-order valence-electron chi connectivity index (χ2n) is 7.78. The summed E-state index contributed by atoms with van der Waals surface area (Å²) in [5.74, 6) is 1.05. The molecule has 1 heterocycles. The molecule has 1 aliphatic rings. The van der Waals surface area contributed by atoms with Crippen LogP contribution in [0.1, 0.15) is 52.6 Å². The highest BCUT2D eigenvalue weighted by atomic mass is 16.3. The monoisotopic (exact) mass is 305 g/mol. The van der Waals surface area contributed by atoms with Crippen LogP contribution in [0.3, 0.4) is 0 Å². The third-order valence-electron chi connectivity index (χ3n) is 5.49. The van der Waals surface area contributed by atoms with Crippen LogP contribution >= 0.6 is 0 Å². The molecule has 0 bridgehead atoms. The fourth-order valence-corrected chi connectivity index (χ4v) is 3.52. The molecule has 1 amide bonds. The Balaban J connectivity index is 2.10. The van der Waals surface area contributed by atoms with E-state index in [1.165, 1.54) is 0 Å². The predicted molar refractivity (Wildman–Crippen MR) is 85.1 cm³/mol. The lowest BCUT2D eigenvalue weighted by molar-refractivity contribution is -0.151. The molecule has 2 rings (SSSR count). The van der Waals surface area contributed by atoms with Crippen LogP contribution in [0.15, 0.2) is 16.5 Å². The van der Waals surface area contributed by atoms with Gasteiger partial charge in [-0.15, -0.1) is 0 Å². The van der Waals surface area contributed by atoms with Crippen LogP contribution in [0.25, 0.3) is 0 Å². The van der Waals surface area contributed by atoms with Crippen molar-refractivity contribution >= 4 is 11.7 Å². The van der Waals surface area contributed by atoms with Crippen LogP contribution < -0.4 is 5.32 Å². The quantitative estimate of drug-likeness (QED) is 0.870. The van der Waals surface area contributed by atoms with E-state index in [1.807, 2.05) is 32.9 Å². The maximum absolute atomic E-state index is 12.7. The van der Waals surface area contributed by atoms with E-state index in [9.17, 15) is 9.59 Å². The smallest absolute Gasteiger partial charge is 0.230 e. The van der Waals surface area contributed by atoms with Gasteiger partial charge >= 0.3 is 0 Å². The van der Waals surface area contributed by atoms with E-state index < -0.39 is 11.3 Å². The Morgan fingerprint density at radius 2 is 1.95 bits per heavy atom. The molecule has 4 heteroatoms. The zero-order chi connectivity index (χ0) is 16.7. The zero-order valence-corrected chi connectivity index (χ0v) is 14.4. The Kier molecular flexibility index (Phi) is 4.24. The number of carbonyl (C=O) groups excluding carboxylic acids is 2. The lowest BCUT2D eigenvalue weighted by atomic mass is 9.54. The Bertz CT molecular complexity index is 583. The number of ketones is 1. The maximum Gasteiger partial charge on any atom is 0.230 e. The second-order valence-corrected chi connectivity index (χ2v) is 7.78. The summed E-state index contributed by atoms with van der Waals surface area (Å²) in [5.41, 5.74) is -0.522. The van der Waals surface area contributed by atoms with Gasteiger partial charge in [0.15, 0.2) is 5.78 Å². The van der Waals surface area contributed by atoms with Gasteiger partial charge in [0, 0.05) is 5.41 Å². The third kappa shape index (κ3) is 2.96. The van der Waals surface area contributed by atoms with Crippen molar-refractivity contribution < 1.29 is 14.0 Å². The second kappa shape index (κ2) is 5.56. The molecule has 1 saturated carbocycles. The molecule has 1 N–H and O–H groups in total. The van der Waals surface area contributed by atoms with Gasteiger partial charge in [-0.1, -0.05) is 34.6 Å². The van der Waals surface area contributed by atoms with E-state index in [-0.39, 0.29) is 23.0 Å². The van der Waals surface area contributed by atoms with Crippen molar-refractivity contribution in [3.05, 3.63) is 23.7 Å². The molecule has 4 nitrogen and oxygen atoms in total. The number of furan rings is 1. The fraction of sp³-hybridized carbons (Fsp3) is 0.667. The van der Waals surface area contributed by atoms with Gasteiger partial charge in [-0.25, -0.2) is 0 Å². The molecule has 1 aliphatic carbocycles. The van der Waals surface area contributed by atoms with Crippen molar-refractivity contribution in [1.29, 1.82) is 0 Å². The van der Waals surface area contributed by atoms with Gasteiger partial charge in [0.05, 0.1) is 12.5 Å². The SMILES string of the molecule is Cc1ccc(CNC(=O)C2CC(C)(C)C(C)C(C)(C)C2=O)o1. The van der Waals surface area contributed by atoms with Gasteiger partial charge in [0.2, 0.25) is 5.91 Å². The Morgan fingerprint density at radius 3 is 2.50 bits per heavy atom. The highest BCUT2D eigenvalue weighted by Gasteiger charge is 2.52. The standard InChI is InChI=1S/C18H27NO3/c1-11-7-8-13(22-11)10-19-16(21)14-9-17(3,4)12(2)18(5,6)15(14)20/h7-8,12,14H,9-10H2,1-6H3,(H,19,21). The average molecular weight is 305 g/mol. The first-order chi connectivity index (χ1) is 10.1. The molecule has 2 atom stereocenters. The zero-order valence-electron chi connectivity index (χ0n) is 14.4. The van der Waals surface area contributed by atoms with E-state index >= 15 is 0 Å². The Morgan fingerprint density at radius 1 is 1.32 bits per heavy atom. The molecule has 0 spiro atoms. The van der Waals surface area contributed by atoms with Gasteiger partial charge in [0.25, 0.3) is 0 Å². The van der Waals surface area contributed by atoms with Crippen molar-refractivity contribution in [3.8, 4) is 0 Å². The van der Waals surface area contributed by atoms with E-state index in [0.717, 1.165) is 5.76 Å². The Labute approximate surface area is 132 Å². The molecular weight excluding hydrogens is 278 g/mol. The summed E-state index contributed by atoms with van der Waals surface area (Å²) >= 11 is 0. The van der Waals surface area contributed by atoms with Crippen molar-refractivity contribution in [2.24, 2.45) is 22.7 Å². The summed E-state index contributed by atoms with van der Waals surface area (Å²) in [6.07, 6.45) is 0.597. The minimum absolute atomic E-state index is 0.0410. The molecule has 0 aromatic carbocycles. The lowest BCUT2D eigenvalue weighted by Gasteiger charge is -2.49. The number of hydrogen-bond donors (Lipinski definition) is 1. The lowest BCUT2D eigenvalue weighted by Crippen LogP contribution is -2.53. The summed E-state index contributed by atoms with van der Waals surface area (Å²) in [5, 5.41) is 2.85.